The van der Waals surface area contributed by atoms with Crippen molar-refractivity contribution in [2.45, 2.75) is 44.9 Å². The third kappa shape index (κ3) is 4.05. The largest absolute Gasteiger partial charge is 0.292 e. The molecule has 2 heteroatoms. The first-order chi connectivity index (χ1) is 6.59. The fraction of sp³-hybridized carbons (Fsp3) is 0.833. The summed E-state index contributed by atoms with van der Waals surface area (Å²) in [7, 11) is 0. The fourth-order valence-corrected chi connectivity index (χ4v) is 2.34. The Morgan fingerprint density at radius 1 is 1.64 bits per heavy atom. The first-order valence-electron chi connectivity index (χ1n) is 5.66. The predicted molar refractivity (Wildman–Crippen MR) is 66.8 cm³/mol. The van der Waals surface area contributed by atoms with Gasteiger partial charge in [-0.25, -0.2) is 0 Å². The van der Waals surface area contributed by atoms with E-state index in [4.69, 9.17) is 0 Å². The number of thiol groups is 1. The summed E-state index contributed by atoms with van der Waals surface area (Å²) in [6.45, 7) is 10.7. The third-order valence-electron chi connectivity index (χ3n) is 3.06. The second-order valence-corrected chi connectivity index (χ2v) is 5.38. The smallest absolute Gasteiger partial charge is 0.0499 e. The monoisotopic (exact) mass is 213 g/mol. The van der Waals surface area contributed by atoms with Crippen LogP contribution in [0.1, 0.15) is 39.5 Å². The lowest BCUT2D eigenvalue weighted by molar-refractivity contribution is 0.314. The molecule has 0 aromatic heterocycles. The van der Waals surface area contributed by atoms with Gasteiger partial charge in [0.05, 0.1) is 0 Å². The molecule has 0 aromatic carbocycles. The first-order valence-corrected chi connectivity index (χ1v) is 6.17. The van der Waals surface area contributed by atoms with Gasteiger partial charge < -0.3 is 0 Å². The molecule has 1 heterocycles. The second kappa shape index (κ2) is 5.82. The Kier molecular flexibility index (Phi) is 5.04. The highest BCUT2D eigenvalue weighted by Crippen LogP contribution is 2.24. The van der Waals surface area contributed by atoms with Crippen LogP contribution in [0.3, 0.4) is 0 Å². The Balaban J connectivity index is 2.13. The molecule has 1 fully saturated rings. The first kappa shape index (κ1) is 12.1. The van der Waals surface area contributed by atoms with E-state index >= 15 is 0 Å². The zero-order chi connectivity index (χ0) is 10.6. The molecule has 0 N–H and O–H groups in total. The Morgan fingerprint density at radius 2 is 2.36 bits per heavy atom. The molecule has 1 aliphatic heterocycles. The Labute approximate surface area is 94.0 Å². The van der Waals surface area contributed by atoms with Crippen LogP contribution in [0.25, 0.3) is 0 Å². The van der Waals surface area contributed by atoms with Gasteiger partial charge in [0.25, 0.3) is 0 Å². The van der Waals surface area contributed by atoms with Crippen LogP contribution in [0.4, 0.5) is 0 Å². The summed E-state index contributed by atoms with van der Waals surface area (Å²) in [5, 5.41) is 0.432. The SMILES string of the molecule is C=C(C)CCCC1CCN(C(C)S)C1. The van der Waals surface area contributed by atoms with Crippen molar-refractivity contribution in [1.82, 2.24) is 4.90 Å². The quantitative estimate of drug-likeness (QED) is 0.541. The zero-order valence-corrected chi connectivity index (χ0v) is 10.4. The van der Waals surface area contributed by atoms with Gasteiger partial charge in [0, 0.05) is 11.9 Å². The zero-order valence-electron chi connectivity index (χ0n) is 9.50. The topological polar surface area (TPSA) is 3.24 Å². The standard InChI is InChI=1S/C12H23NS/c1-10(2)5-4-6-12-7-8-13(9-12)11(3)14/h11-12,14H,1,4-9H2,2-3H3. The predicted octanol–water partition coefficient (Wildman–Crippen LogP) is 3.33. The van der Waals surface area contributed by atoms with Gasteiger partial charge in [0.15, 0.2) is 0 Å². The Hall–Kier alpha value is 0.0500. The lowest BCUT2D eigenvalue weighted by Crippen LogP contribution is -2.26. The average molecular weight is 213 g/mol. The minimum absolute atomic E-state index is 0.432. The van der Waals surface area contributed by atoms with Gasteiger partial charge in [-0.15, -0.1) is 6.58 Å². The molecule has 82 valence electrons. The summed E-state index contributed by atoms with van der Waals surface area (Å²) in [4.78, 5) is 2.47. The van der Waals surface area contributed by atoms with Gasteiger partial charge in [-0.3, -0.25) is 4.90 Å². The lowest BCUT2D eigenvalue weighted by Gasteiger charge is -2.19. The Morgan fingerprint density at radius 3 is 2.86 bits per heavy atom. The maximum atomic E-state index is 4.47. The van der Waals surface area contributed by atoms with Crippen LogP contribution in [0, 0.1) is 5.92 Å². The van der Waals surface area contributed by atoms with Crippen molar-refractivity contribution in [3.05, 3.63) is 12.2 Å². The van der Waals surface area contributed by atoms with Gasteiger partial charge in [-0.2, -0.15) is 12.6 Å². The van der Waals surface area contributed by atoms with Crippen molar-refractivity contribution in [3.63, 3.8) is 0 Å². The van der Waals surface area contributed by atoms with Gasteiger partial charge in [-0.1, -0.05) is 5.57 Å². The van der Waals surface area contributed by atoms with Crippen molar-refractivity contribution >= 4 is 12.6 Å². The van der Waals surface area contributed by atoms with E-state index in [2.05, 4.69) is 38.0 Å². The van der Waals surface area contributed by atoms with E-state index in [1.54, 1.807) is 0 Å². The number of hydrogen-bond acceptors (Lipinski definition) is 2. The molecular formula is C12H23NS. The molecule has 0 saturated carbocycles. The molecular weight excluding hydrogens is 190 g/mol. The molecule has 0 aromatic rings. The summed E-state index contributed by atoms with van der Waals surface area (Å²) in [5.74, 6) is 0.906. The number of allylic oxidation sites excluding steroid dienone is 1. The van der Waals surface area contributed by atoms with Crippen LogP contribution >= 0.6 is 12.6 Å². The summed E-state index contributed by atoms with van der Waals surface area (Å²) >= 11 is 4.47. The van der Waals surface area contributed by atoms with Gasteiger partial charge in [0.2, 0.25) is 0 Å². The number of nitrogens with zero attached hydrogens (tertiary/aromatic N) is 1. The van der Waals surface area contributed by atoms with Crippen LogP contribution in [0.5, 0.6) is 0 Å². The van der Waals surface area contributed by atoms with Crippen LogP contribution in [0.2, 0.25) is 0 Å². The highest BCUT2D eigenvalue weighted by molar-refractivity contribution is 7.80. The molecule has 0 amide bonds. The maximum Gasteiger partial charge on any atom is 0.0499 e. The highest BCUT2D eigenvalue weighted by Gasteiger charge is 2.23. The van der Waals surface area contributed by atoms with Crippen molar-refractivity contribution in [3.8, 4) is 0 Å². The summed E-state index contributed by atoms with van der Waals surface area (Å²) in [6, 6.07) is 0. The summed E-state index contributed by atoms with van der Waals surface area (Å²) in [5.41, 5.74) is 1.32. The minimum atomic E-state index is 0.432. The molecule has 2 atom stereocenters. The fourth-order valence-electron chi connectivity index (χ4n) is 2.13. The molecule has 2 unspecified atom stereocenters. The van der Waals surface area contributed by atoms with Crippen molar-refractivity contribution in [2.75, 3.05) is 13.1 Å². The molecule has 0 spiro atoms. The normalized spacial score (nSPS) is 25.2. The van der Waals surface area contributed by atoms with Crippen LogP contribution in [0.15, 0.2) is 12.2 Å². The number of rotatable bonds is 5. The van der Waals surface area contributed by atoms with Gasteiger partial charge >= 0.3 is 0 Å². The molecule has 0 bridgehead atoms. The lowest BCUT2D eigenvalue weighted by atomic mass is 10.00. The van der Waals surface area contributed by atoms with Crippen LogP contribution in [-0.4, -0.2) is 23.4 Å². The Bertz CT molecular complexity index is 189. The second-order valence-electron chi connectivity index (χ2n) is 4.63. The van der Waals surface area contributed by atoms with E-state index < -0.39 is 0 Å². The minimum Gasteiger partial charge on any atom is -0.292 e. The number of hydrogen-bond donors (Lipinski definition) is 1. The molecule has 0 aliphatic carbocycles. The van der Waals surface area contributed by atoms with E-state index in [9.17, 15) is 0 Å². The average Bonchev–Trinajstić information content (AvgIpc) is 2.52. The van der Waals surface area contributed by atoms with Crippen LogP contribution in [-0.2, 0) is 0 Å². The van der Waals surface area contributed by atoms with Crippen molar-refractivity contribution in [2.24, 2.45) is 5.92 Å². The van der Waals surface area contributed by atoms with Gasteiger partial charge in [0.1, 0.15) is 0 Å². The van der Waals surface area contributed by atoms with Crippen LogP contribution < -0.4 is 0 Å². The highest BCUT2D eigenvalue weighted by atomic mass is 32.1. The van der Waals surface area contributed by atoms with Crippen molar-refractivity contribution < 1.29 is 0 Å². The van der Waals surface area contributed by atoms with Crippen molar-refractivity contribution in [1.29, 1.82) is 0 Å². The van der Waals surface area contributed by atoms with E-state index in [-0.39, 0.29) is 0 Å². The van der Waals surface area contributed by atoms with E-state index in [1.165, 1.54) is 44.3 Å². The molecule has 1 nitrogen and oxygen atoms in total. The number of likely N-dealkylation sites (tertiary alicyclic amines) is 1. The van der Waals surface area contributed by atoms with E-state index in [1.807, 2.05) is 0 Å². The third-order valence-corrected chi connectivity index (χ3v) is 3.39. The summed E-state index contributed by atoms with van der Waals surface area (Å²) < 4.78 is 0. The molecule has 1 saturated heterocycles. The van der Waals surface area contributed by atoms with E-state index in [0.717, 1.165) is 5.92 Å². The molecule has 1 aliphatic rings. The van der Waals surface area contributed by atoms with Gasteiger partial charge in [-0.05, 0) is 52.0 Å². The maximum absolute atomic E-state index is 4.47. The molecule has 1 rings (SSSR count). The van der Waals surface area contributed by atoms with E-state index in [0.29, 0.717) is 5.37 Å². The molecule has 0 radical (unpaired) electrons. The summed E-state index contributed by atoms with van der Waals surface area (Å²) in [6.07, 6.45) is 5.24. The molecule has 14 heavy (non-hydrogen) atoms.